The molecule has 1 amide bonds. The predicted octanol–water partition coefficient (Wildman–Crippen LogP) is -0.267. The summed E-state index contributed by atoms with van der Waals surface area (Å²) < 4.78 is 11.1. The second-order valence-electron chi connectivity index (χ2n) is 6.42. The van der Waals surface area contributed by atoms with E-state index in [1.54, 1.807) is 0 Å². The zero-order valence-electron chi connectivity index (χ0n) is 12.8. The van der Waals surface area contributed by atoms with Crippen LogP contribution in [0.2, 0.25) is 0 Å². The van der Waals surface area contributed by atoms with Crippen molar-refractivity contribution in [1.82, 2.24) is 15.5 Å². The molecule has 0 aromatic heterocycles. The molecule has 2 N–H and O–H groups in total. The molecule has 3 aliphatic rings. The summed E-state index contributed by atoms with van der Waals surface area (Å²) >= 11 is 0. The van der Waals surface area contributed by atoms with Gasteiger partial charge in [-0.25, -0.2) is 0 Å². The first-order chi connectivity index (χ1) is 10.2. The molecule has 0 spiro atoms. The summed E-state index contributed by atoms with van der Waals surface area (Å²) in [6, 6.07) is 1.01. The molecule has 0 aromatic carbocycles. The zero-order chi connectivity index (χ0) is 14.7. The number of carbonyl (C=O) groups excluding carboxylic acids is 1. The van der Waals surface area contributed by atoms with E-state index in [0.29, 0.717) is 31.3 Å². The molecule has 1 aliphatic carbocycles. The Balaban J connectivity index is 1.55. The lowest BCUT2D eigenvalue weighted by molar-refractivity contribution is -0.134. The van der Waals surface area contributed by atoms with Crippen LogP contribution >= 0.6 is 0 Å². The van der Waals surface area contributed by atoms with Crippen molar-refractivity contribution in [3.8, 4) is 0 Å². The van der Waals surface area contributed by atoms with Crippen LogP contribution in [0, 0.1) is 0 Å². The number of nitrogens with one attached hydrogen (secondary N) is 2. The molecule has 6 heteroatoms. The van der Waals surface area contributed by atoms with Crippen molar-refractivity contribution < 1.29 is 14.3 Å². The van der Waals surface area contributed by atoms with E-state index in [4.69, 9.17) is 9.47 Å². The van der Waals surface area contributed by atoms with Gasteiger partial charge in [-0.1, -0.05) is 0 Å². The average Bonchev–Trinajstić information content (AvgIpc) is 3.32. The molecule has 0 radical (unpaired) electrons. The van der Waals surface area contributed by atoms with Gasteiger partial charge in [-0.15, -0.1) is 0 Å². The summed E-state index contributed by atoms with van der Waals surface area (Å²) in [5, 5.41) is 6.60. The van der Waals surface area contributed by atoms with Crippen LogP contribution in [-0.2, 0) is 14.3 Å². The first-order valence-electron chi connectivity index (χ1n) is 8.19. The third-order valence-electron chi connectivity index (χ3n) is 4.59. The highest BCUT2D eigenvalue weighted by molar-refractivity contribution is 5.82. The van der Waals surface area contributed by atoms with E-state index in [1.165, 1.54) is 0 Å². The van der Waals surface area contributed by atoms with Crippen molar-refractivity contribution >= 4 is 5.91 Å². The lowest BCUT2D eigenvalue weighted by Gasteiger charge is -2.40. The Bertz CT molecular complexity index is 356. The second-order valence-corrected chi connectivity index (χ2v) is 6.42. The maximum Gasteiger partial charge on any atom is 0.239 e. The summed E-state index contributed by atoms with van der Waals surface area (Å²) in [6.07, 6.45) is 3.25. The van der Waals surface area contributed by atoms with Crippen LogP contribution in [0.25, 0.3) is 0 Å². The minimum absolute atomic E-state index is 0.136. The summed E-state index contributed by atoms with van der Waals surface area (Å²) in [7, 11) is 0. The maximum absolute atomic E-state index is 12.4. The fraction of sp³-hybridized carbons (Fsp3) is 0.933. The van der Waals surface area contributed by atoms with E-state index in [9.17, 15) is 4.79 Å². The molecule has 21 heavy (non-hydrogen) atoms. The third kappa shape index (κ3) is 4.16. The minimum atomic E-state index is -0.140. The highest BCUT2D eigenvalue weighted by Crippen LogP contribution is 2.21. The van der Waals surface area contributed by atoms with Gasteiger partial charge in [-0.05, 0) is 26.2 Å². The fourth-order valence-electron chi connectivity index (χ4n) is 3.21. The summed E-state index contributed by atoms with van der Waals surface area (Å²) in [5.74, 6) is 0.136. The summed E-state index contributed by atoms with van der Waals surface area (Å²) in [4.78, 5) is 14.7. The molecule has 2 heterocycles. The number of nitrogens with zero attached hydrogens (tertiary/aromatic N) is 1. The third-order valence-corrected chi connectivity index (χ3v) is 4.59. The highest BCUT2D eigenvalue weighted by Gasteiger charge is 2.35. The highest BCUT2D eigenvalue weighted by atomic mass is 16.5. The molecule has 3 atom stereocenters. The van der Waals surface area contributed by atoms with Gasteiger partial charge in [0.1, 0.15) is 6.04 Å². The van der Waals surface area contributed by atoms with Gasteiger partial charge in [-0.2, -0.15) is 0 Å². The van der Waals surface area contributed by atoms with Gasteiger partial charge in [-0.3, -0.25) is 9.69 Å². The molecule has 0 bridgehead atoms. The quantitative estimate of drug-likeness (QED) is 0.732. The average molecular weight is 297 g/mol. The molecule has 1 saturated carbocycles. The van der Waals surface area contributed by atoms with Crippen molar-refractivity contribution in [3.05, 3.63) is 0 Å². The first kappa shape index (κ1) is 15.2. The molecule has 2 saturated heterocycles. The zero-order valence-corrected chi connectivity index (χ0v) is 12.8. The number of hydrogen-bond acceptors (Lipinski definition) is 5. The predicted molar refractivity (Wildman–Crippen MR) is 79.2 cm³/mol. The Morgan fingerprint density at radius 2 is 2.14 bits per heavy atom. The van der Waals surface area contributed by atoms with Gasteiger partial charge >= 0.3 is 0 Å². The van der Waals surface area contributed by atoms with Gasteiger partial charge in [0.05, 0.1) is 26.4 Å². The smallest absolute Gasteiger partial charge is 0.239 e. The van der Waals surface area contributed by atoms with Gasteiger partial charge in [0.2, 0.25) is 5.91 Å². The Kier molecular flexibility index (Phi) is 5.11. The van der Waals surface area contributed by atoms with Crippen molar-refractivity contribution in [2.45, 2.75) is 50.4 Å². The minimum Gasteiger partial charge on any atom is -0.379 e. The molecule has 3 rings (SSSR count). The van der Waals surface area contributed by atoms with Gasteiger partial charge in [0, 0.05) is 31.2 Å². The summed E-state index contributed by atoms with van der Waals surface area (Å²) in [6.45, 7) is 6.76. The van der Waals surface area contributed by atoms with E-state index >= 15 is 0 Å². The van der Waals surface area contributed by atoms with Crippen LogP contribution in [0.5, 0.6) is 0 Å². The van der Waals surface area contributed by atoms with Crippen molar-refractivity contribution in [1.29, 1.82) is 0 Å². The Morgan fingerprint density at radius 1 is 1.33 bits per heavy atom. The number of amides is 1. The number of rotatable bonds is 5. The molecule has 0 aromatic rings. The lowest BCUT2D eigenvalue weighted by atomic mass is 10.0. The monoisotopic (exact) mass is 297 g/mol. The SMILES string of the molecule is CC(CC1COCCN1)N1CCOCC1C(=O)NC1CC1. The van der Waals surface area contributed by atoms with Crippen LogP contribution in [-0.4, -0.2) is 74.5 Å². The molecule has 3 fully saturated rings. The lowest BCUT2D eigenvalue weighted by Crippen LogP contribution is -2.58. The normalized spacial score (nSPS) is 32.6. The standard InChI is InChI=1S/C15H27N3O3/c1-11(8-13-9-20-6-4-16-13)18-5-7-21-10-14(18)15(19)17-12-2-3-12/h11-14,16H,2-10H2,1H3,(H,17,19). The van der Waals surface area contributed by atoms with Gasteiger partial charge < -0.3 is 20.1 Å². The Morgan fingerprint density at radius 3 is 2.86 bits per heavy atom. The van der Waals surface area contributed by atoms with E-state index in [-0.39, 0.29) is 11.9 Å². The molecular formula is C15H27N3O3. The van der Waals surface area contributed by atoms with Gasteiger partial charge in [0.15, 0.2) is 0 Å². The van der Waals surface area contributed by atoms with Crippen molar-refractivity contribution in [2.75, 3.05) is 39.5 Å². The van der Waals surface area contributed by atoms with Gasteiger partial charge in [0.25, 0.3) is 0 Å². The van der Waals surface area contributed by atoms with E-state index in [0.717, 1.165) is 45.6 Å². The van der Waals surface area contributed by atoms with Crippen LogP contribution in [0.3, 0.4) is 0 Å². The maximum atomic E-state index is 12.4. The fourth-order valence-corrected chi connectivity index (χ4v) is 3.21. The van der Waals surface area contributed by atoms with Crippen molar-refractivity contribution in [3.63, 3.8) is 0 Å². The molecule has 2 aliphatic heterocycles. The second kappa shape index (κ2) is 7.05. The van der Waals surface area contributed by atoms with Crippen molar-refractivity contribution in [2.24, 2.45) is 0 Å². The van der Waals surface area contributed by atoms with E-state index in [2.05, 4.69) is 22.5 Å². The van der Waals surface area contributed by atoms with E-state index in [1.807, 2.05) is 0 Å². The van der Waals surface area contributed by atoms with E-state index < -0.39 is 0 Å². The number of morpholine rings is 2. The number of carbonyl (C=O) groups is 1. The largest absolute Gasteiger partial charge is 0.379 e. The molecule has 6 nitrogen and oxygen atoms in total. The molecule has 3 unspecified atom stereocenters. The first-order valence-corrected chi connectivity index (χ1v) is 8.19. The number of ether oxygens (including phenoxy) is 2. The summed E-state index contributed by atoms with van der Waals surface area (Å²) in [5.41, 5.74) is 0. The Hall–Kier alpha value is -0.690. The van der Waals surface area contributed by atoms with Crippen LogP contribution in [0.1, 0.15) is 26.2 Å². The Labute approximate surface area is 126 Å². The van der Waals surface area contributed by atoms with Crippen LogP contribution in [0.4, 0.5) is 0 Å². The molecular weight excluding hydrogens is 270 g/mol. The van der Waals surface area contributed by atoms with Crippen LogP contribution in [0.15, 0.2) is 0 Å². The van der Waals surface area contributed by atoms with Crippen LogP contribution < -0.4 is 10.6 Å². The number of hydrogen-bond donors (Lipinski definition) is 2. The topological polar surface area (TPSA) is 62.8 Å². The molecule has 120 valence electrons.